The molecule has 1 aromatic rings. The first kappa shape index (κ1) is 17.0. The summed E-state index contributed by atoms with van der Waals surface area (Å²) in [4.78, 5) is 4.32. The van der Waals surface area contributed by atoms with E-state index in [0.29, 0.717) is 18.1 Å². The molecule has 0 bridgehead atoms. The minimum absolute atomic E-state index is 0.625. The van der Waals surface area contributed by atoms with E-state index in [0.717, 1.165) is 12.5 Å². The van der Waals surface area contributed by atoms with Crippen LogP contribution in [0.15, 0.2) is 17.5 Å². The van der Waals surface area contributed by atoms with E-state index < -0.39 is 0 Å². The van der Waals surface area contributed by atoms with Crippen LogP contribution >= 0.6 is 11.3 Å². The minimum atomic E-state index is 0.625. The fourth-order valence-corrected chi connectivity index (χ4v) is 4.56. The Morgan fingerprint density at radius 1 is 1.33 bits per heavy atom. The quantitative estimate of drug-likeness (QED) is 0.786. The molecular formula is C18H32N2S. The molecule has 21 heavy (non-hydrogen) atoms. The third-order valence-corrected chi connectivity index (χ3v) is 6.08. The topological polar surface area (TPSA) is 15.3 Å². The highest BCUT2D eigenvalue weighted by atomic mass is 32.1. The van der Waals surface area contributed by atoms with E-state index in [1.165, 1.54) is 32.2 Å². The maximum atomic E-state index is 3.75. The van der Waals surface area contributed by atoms with Crippen LogP contribution in [0, 0.1) is 5.92 Å². The number of nitrogens with one attached hydrogen (secondary N) is 1. The predicted octanol–water partition coefficient (Wildman–Crippen LogP) is 4.69. The van der Waals surface area contributed by atoms with Crippen LogP contribution in [0.4, 0.5) is 0 Å². The summed E-state index contributed by atoms with van der Waals surface area (Å²) < 4.78 is 0. The van der Waals surface area contributed by atoms with Gasteiger partial charge in [0.25, 0.3) is 0 Å². The zero-order valence-electron chi connectivity index (χ0n) is 14.1. The number of likely N-dealkylation sites (tertiary alicyclic amines) is 1. The van der Waals surface area contributed by atoms with Gasteiger partial charge in [-0.2, -0.15) is 0 Å². The summed E-state index contributed by atoms with van der Waals surface area (Å²) in [5.41, 5.74) is 0. The van der Waals surface area contributed by atoms with Crippen molar-refractivity contribution in [2.75, 3.05) is 13.1 Å². The molecule has 0 amide bonds. The zero-order valence-corrected chi connectivity index (χ0v) is 15.0. The van der Waals surface area contributed by atoms with E-state index >= 15 is 0 Å². The Labute approximate surface area is 134 Å². The molecule has 120 valence electrons. The molecule has 0 aromatic carbocycles. The highest BCUT2D eigenvalue weighted by Gasteiger charge is 2.35. The second-order valence-electron chi connectivity index (χ2n) is 6.51. The first-order chi connectivity index (χ1) is 10.2. The van der Waals surface area contributed by atoms with Crippen molar-refractivity contribution in [2.24, 2.45) is 5.92 Å². The van der Waals surface area contributed by atoms with Crippen LogP contribution in [0.2, 0.25) is 0 Å². The van der Waals surface area contributed by atoms with Crippen molar-refractivity contribution in [3.05, 3.63) is 22.4 Å². The number of hydrogen-bond acceptors (Lipinski definition) is 3. The normalized spacial score (nSPS) is 28.7. The Morgan fingerprint density at radius 3 is 2.76 bits per heavy atom. The van der Waals surface area contributed by atoms with Gasteiger partial charge in [-0.05, 0) is 50.1 Å². The monoisotopic (exact) mass is 308 g/mol. The Morgan fingerprint density at radius 2 is 2.14 bits per heavy atom. The van der Waals surface area contributed by atoms with Crippen LogP contribution < -0.4 is 5.32 Å². The van der Waals surface area contributed by atoms with Crippen molar-refractivity contribution in [3.63, 3.8) is 0 Å². The maximum absolute atomic E-state index is 3.75. The Kier molecular flexibility index (Phi) is 6.72. The summed E-state index contributed by atoms with van der Waals surface area (Å²) in [5.74, 6) is 0.726. The van der Waals surface area contributed by atoms with Gasteiger partial charge in [-0.25, -0.2) is 0 Å². The van der Waals surface area contributed by atoms with E-state index in [9.17, 15) is 0 Å². The summed E-state index contributed by atoms with van der Waals surface area (Å²) in [5, 5.41) is 5.98. The lowest BCUT2D eigenvalue weighted by Crippen LogP contribution is -2.54. The van der Waals surface area contributed by atoms with Crippen molar-refractivity contribution < 1.29 is 0 Å². The van der Waals surface area contributed by atoms with Crippen molar-refractivity contribution in [2.45, 2.75) is 71.5 Å². The third kappa shape index (κ3) is 4.08. The standard InChI is InChI=1S/C18H32N2S/c1-5-8-17(18-9-7-13-21-18)20-12-10-16(19-11-6-2)14(3)15(20)4/h7,9,13-17,19H,5-6,8,10-12H2,1-4H3. The van der Waals surface area contributed by atoms with E-state index in [4.69, 9.17) is 0 Å². The largest absolute Gasteiger partial charge is 0.314 e. The van der Waals surface area contributed by atoms with E-state index in [1.54, 1.807) is 4.88 Å². The molecule has 1 aliphatic rings. The molecule has 1 N–H and O–H groups in total. The molecular weight excluding hydrogens is 276 g/mol. The first-order valence-electron chi connectivity index (χ1n) is 8.71. The molecule has 0 saturated carbocycles. The molecule has 2 rings (SSSR count). The molecule has 1 fully saturated rings. The van der Waals surface area contributed by atoms with Gasteiger partial charge in [-0.1, -0.05) is 33.3 Å². The number of nitrogens with zero attached hydrogens (tertiary/aromatic N) is 1. The van der Waals surface area contributed by atoms with Crippen molar-refractivity contribution in [1.82, 2.24) is 10.2 Å². The van der Waals surface area contributed by atoms with Crippen LogP contribution in [0.1, 0.15) is 64.3 Å². The summed E-state index contributed by atoms with van der Waals surface area (Å²) in [7, 11) is 0. The molecule has 4 unspecified atom stereocenters. The minimum Gasteiger partial charge on any atom is -0.314 e. The average Bonchev–Trinajstić information content (AvgIpc) is 3.01. The molecule has 1 aliphatic heterocycles. The second kappa shape index (κ2) is 8.30. The molecule has 0 aliphatic carbocycles. The van der Waals surface area contributed by atoms with Crippen LogP contribution in [0.3, 0.4) is 0 Å². The molecule has 1 aromatic heterocycles. The Bertz CT molecular complexity index is 390. The predicted molar refractivity (Wildman–Crippen MR) is 94.0 cm³/mol. The summed E-state index contributed by atoms with van der Waals surface area (Å²) in [6.45, 7) is 11.8. The SMILES string of the molecule is CCCNC1CCN(C(CCC)c2cccs2)C(C)C1C. The summed E-state index contributed by atoms with van der Waals surface area (Å²) in [6, 6.07) is 6.50. The highest BCUT2D eigenvalue weighted by molar-refractivity contribution is 7.10. The lowest BCUT2D eigenvalue weighted by molar-refractivity contribution is 0.0435. The molecule has 0 radical (unpaired) electrons. The summed E-state index contributed by atoms with van der Waals surface area (Å²) in [6.07, 6.45) is 5.06. The van der Waals surface area contributed by atoms with Crippen LogP contribution in [-0.4, -0.2) is 30.1 Å². The van der Waals surface area contributed by atoms with Gasteiger partial charge in [0.15, 0.2) is 0 Å². The summed E-state index contributed by atoms with van der Waals surface area (Å²) >= 11 is 1.93. The van der Waals surface area contributed by atoms with Gasteiger partial charge in [0, 0.05) is 29.5 Å². The molecule has 2 nitrogen and oxygen atoms in total. The lowest BCUT2D eigenvalue weighted by Gasteiger charge is -2.46. The van der Waals surface area contributed by atoms with Crippen molar-refractivity contribution in [3.8, 4) is 0 Å². The molecule has 2 heterocycles. The Hall–Kier alpha value is -0.380. The van der Waals surface area contributed by atoms with Crippen molar-refractivity contribution in [1.29, 1.82) is 0 Å². The van der Waals surface area contributed by atoms with Crippen molar-refractivity contribution >= 4 is 11.3 Å². The van der Waals surface area contributed by atoms with Crippen LogP contribution in [0.25, 0.3) is 0 Å². The van der Waals surface area contributed by atoms with E-state index in [1.807, 2.05) is 11.3 Å². The fraction of sp³-hybridized carbons (Fsp3) is 0.778. The van der Waals surface area contributed by atoms with E-state index in [-0.39, 0.29) is 0 Å². The van der Waals surface area contributed by atoms with Gasteiger partial charge in [-0.15, -0.1) is 11.3 Å². The number of piperidine rings is 1. The van der Waals surface area contributed by atoms with Gasteiger partial charge < -0.3 is 5.32 Å². The van der Waals surface area contributed by atoms with Gasteiger partial charge in [0.05, 0.1) is 0 Å². The van der Waals surface area contributed by atoms with Gasteiger partial charge in [0.1, 0.15) is 0 Å². The smallest absolute Gasteiger partial charge is 0.0444 e. The average molecular weight is 309 g/mol. The van der Waals surface area contributed by atoms with Gasteiger partial charge in [0.2, 0.25) is 0 Å². The van der Waals surface area contributed by atoms with Crippen LogP contribution in [0.5, 0.6) is 0 Å². The number of thiophene rings is 1. The lowest BCUT2D eigenvalue weighted by atomic mass is 9.85. The fourth-order valence-electron chi connectivity index (χ4n) is 3.68. The van der Waals surface area contributed by atoms with E-state index in [2.05, 4.69) is 55.4 Å². The molecule has 4 atom stereocenters. The molecule has 3 heteroatoms. The van der Waals surface area contributed by atoms with Crippen LogP contribution in [-0.2, 0) is 0 Å². The second-order valence-corrected chi connectivity index (χ2v) is 7.49. The van der Waals surface area contributed by atoms with Gasteiger partial charge in [-0.3, -0.25) is 4.90 Å². The molecule has 0 spiro atoms. The Balaban J connectivity index is 2.05. The maximum Gasteiger partial charge on any atom is 0.0444 e. The molecule has 1 saturated heterocycles. The third-order valence-electron chi connectivity index (χ3n) is 5.11. The number of rotatable bonds is 7. The number of hydrogen-bond donors (Lipinski definition) is 1. The highest BCUT2D eigenvalue weighted by Crippen LogP contribution is 2.36. The zero-order chi connectivity index (χ0) is 15.2. The van der Waals surface area contributed by atoms with Gasteiger partial charge >= 0.3 is 0 Å². The first-order valence-corrected chi connectivity index (χ1v) is 9.59.